The van der Waals surface area contributed by atoms with Gasteiger partial charge in [-0.1, -0.05) is 38.5 Å². The fourth-order valence-corrected chi connectivity index (χ4v) is 2.56. The van der Waals surface area contributed by atoms with E-state index in [2.05, 4.69) is 31.4 Å². The van der Waals surface area contributed by atoms with E-state index in [1.165, 1.54) is 0 Å². The molecule has 0 radical (unpaired) electrons. The van der Waals surface area contributed by atoms with E-state index in [-0.39, 0.29) is 11.4 Å². The number of carbonyl (C=O) groups is 1. The lowest BCUT2D eigenvalue weighted by Gasteiger charge is -2.14. The number of aromatic nitrogens is 2. The van der Waals surface area contributed by atoms with Gasteiger partial charge in [0.15, 0.2) is 0 Å². The minimum Gasteiger partial charge on any atom is -0.399 e. The van der Waals surface area contributed by atoms with Crippen LogP contribution in [0.2, 0.25) is 0 Å². The molecule has 0 fully saturated rings. The van der Waals surface area contributed by atoms with E-state index in [1.807, 2.05) is 37.3 Å². The number of nitrogens with two attached hydrogens (primary N) is 1. The van der Waals surface area contributed by atoms with E-state index in [1.54, 1.807) is 28.9 Å². The second-order valence-corrected chi connectivity index (χ2v) is 7.61. The molecule has 3 rings (SSSR count). The Bertz CT molecular complexity index is 934. The molecule has 0 aliphatic heterocycles. The molecule has 0 saturated heterocycles. The van der Waals surface area contributed by atoms with Gasteiger partial charge in [0.1, 0.15) is 5.82 Å². The van der Waals surface area contributed by atoms with E-state index in [0.717, 1.165) is 16.9 Å². The third kappa shape index (κ3) is 4.47. The maximum Gasteiger partial charge on any atom is 0.324 e. The van der Waals surface area contributed by atoms with E-state index >= 15 is 0 Å². The zero-order chi connectivity index (χ0) is 19.6. The normalized spacial score (nSPS) is 11.3. The predicted octanol–water partition coefficient (Wildman–Crippen LogP) is 4.70. The van der Waals surface area contributed by atoms with Gasteiger partial charge in [0.25, 0.3) is 0 Å². The quantitative estimate of drug-likeness (QED) is 0.589. The van der Waals surface area contributed by atoms with Gasteiger partial charge >= 0.3 is 6.03 Å². The van der Waals surface area contributed by atoms with Gasteiger partial charge in [-0.05, 0) is 43.3 Å². The fraction of sp³-hybridized carbons (Fsp3) is 0.238. The molecule has 1 heterocycles. The first-order valence-electron chi connectivity index (χ1n) is 8.83. The molecule has 0 unspecified atom stereocenters. The van der Waals surface area contributed by atoms with Crippen LogP contribution in [0.3, 0.4) is 0 Å². The minimum atomic E-state index is -0.339. The zero-order valence-electron chi connectivity index (χ0n) is 16.1. The highest BCUT2D eigenvalue weighted by molar-refractivity contribution is 5.99. The number of carbonyl (C=O) groups excluding carboxylic acids is 1. The van der Waals surface area contributed by atoms with Gasteiger partial charge in [0.05, 0.1) is 11.4 Å². The number of nitrogens with one attached hydrogen (secondary N) is 2. The summed E-state index contributed by atoms with van der Waals surface area (Å²) < 4.78 is 1.75. The highest BCUT2D eigenvalue weighted by Crippen LogP contribution is 2.26. The lowest BCUT2D eigenvalue weighted by molar-refractivity contribution is 0.262. The maximum absolute atomic E-state index is 12.5. The summed E-state index contributed by atoms with van der Waals surface area (Å²) in [5, 5.41) is 10.4. The summed E-state index contributed by atoms with van der Waals surface area (Å²) >= 11 is 0. The highest BCUT2D eigenvalue weighted by Gasteiger charge is 2.21. The van der Waals surface area contributed by atoms with Gasteiger partial charge in [0.2, 0.25) is 0 Å². The van der Waals surface area contributed by atoms with Crippen LogP contribution in [-0.4, -0.2) is 15.8 Å². The molecule has 27 heavy (non-hydrogen) atoms. The Labute approximate surface area is 159 Å². The predicted molar refractivity (Wildman–Crippen MR) is 110 cm³/mol. The smallest absolute Gasteiger partial charge is 0.324 e. The average molecular weight is 363 g/mol. The summed E-state index contributed by atoms with van der Waals surface area (Å²) in [5.41, 5.74) is 9.80. The van der Waals surface area contributed by atoms with Gasteiger partial charge in [-0.3, -0.25) is 5.32 Å². The SMILES string of the molecule is Cc1ccc(-n2nc(C(C)(C)C)cc2NC(=O)Nc2ccc(N)cc2)cc1. The molecular weight excluding hydrogens is 338 g/mol. The van der Waals surface area contributed by atoms with Crippen LogP contribution in [-0.2, 0) is 5.41 Å². The number of rotatable bonds is 3. The van der Waals surface area contributed by atoms with E-state index in [4.69, 9.17) is 10.8 Å². The third-order valence-corrected chi connectivity index (χ3v) is 4.17. The zero-order valence-corrected chi connectivity index (χ0v) is 16.1. The summed E-state index contributed by atoms with van der Waals surface area (Å²) in [6.07, 6.45) is 0. The number of benzene rings is 2. The second kappa shape index (κ2) is 7.15. The van der Waals surface area contributed by atoms with Gasteiger partial charge < -0.3 is 11.1 Å². The van der Waals surface area contributed by atoms with Crippen LogP contribution < -0.4 is 16.4 Å². The molecule has 140 valence electrons. The Morgan fingerprint density at radius 3 is 2.22 bits per heavy atom. The molecule has 0 atom stereocenters. The molecule has 0 spiro atoms. The molecule has 6 nitrogen and oxygen atoms in total. The Hall–Kier alpha value is -3.28. The Morgan fingerprint density at radius 2 is 1.63 bits per heavy atom. The van der Waals surface area contributed by atoms with Crippen molar-refractivity contribution in [3.8, 4) is 5.69 Å². The van der Waals surface area contributed by atoms with Gasteiger partial charge in [0, 0.05) is 22.9 Å². The number of aryl methyl sites for hydroxylation is 1. The Morgan fingerprint density at radius 1 is 1.00 bits per heavy atom. The van der Waals surface area contributed by atoms with Crippen molar-refractivity contribution in [2.24, 2.45) is 0 Å². The third-order valence-electron chi connectivity index (χ3n) is 4.17. The summed E-state index contributed by atoms with van der Waals surface area (Å²) in [4.78, 5) is 12.5. The number of hydrogen-bond donors (Lipinski definition) is 3. The topological polar surface area (TPSA) is 85.0 Å². The molecule has 0 aliphatic carbocycles. The number of nitrogen functional groups attached to an aromatic ring is 1. The lowest BCUT2D eigenvalue weighted by Crippen LogP contribution is -2.21. The van der Waals surface area contributed by atoms with Crippen molar-refractivity contribution in [2.45, 2.75) is 33.1 Å². The van der Waals surface area contributed by atoms with E-state index in [9.17, 15) is 4.79 Å². The lowest BCUT2D eigenvalue weighted by atomic mass is 9.92. The van der Waals surface area contributed by atoms with Crippen LogP contribution in [0.15, 0.2) is 54.6 Å². The van der Waals surface area contributed by atoms with Gasteiger partial charge in [-0.25, -0.2) is 9.48 Å². The number of anilines is 3. The van der Waals surface area contributed by atoms with E-state index < -0.39 is 0 Å². The first-order chi connectivity index (χ1) is 12.7. The van der Waals surface area contributed by atoms with Crippen LogP contribution in [0.4, 0.5) is 22.0 Å². The molecule has 0 saturated carbocycles. The minimum absolute atomic E-state index is 0.139. The molecular formula is C21H25N5O. The molecule has 1 aromatic heterocycles. The van der Waals surface area contributed by atoms with Crippen LogP contribution in [0.5, 0.6) is 0 Å². The van der Waals surface area contributed by atoms with Crippen molar-refractivity contribution in [3.05, 3.63) is 65.9 Å². The van der Waals surface area contributed by atoms with Crippen molar-refractivity contribution in [1.82, 2.24) is 9.78 Å². The van der Waals surface area contributed by atoms with Crippen LogP contribution >= 0.6 is 0 Å². The van der Waals surface area contributed by atoms with Crippen molar-refractivity contribution in [3.63, 3.8) is 0 Å². The number of amides is 2. The van der Waals surface area contributed by atoms with Crippen molar-refractivity contribution >= 4 is 23.2 Å². The maximum atomic E-state index is 12.5. The highest BCUT2D eigenvalue weighted by atomic mass is 16.2. The summed E-state index contributed by atoms with van der Waals surface area (Å²) in [6, 6.07) is 16.6. The van der Waals surface area contributed by atoms with Crippen LogP contribution in [0.1, 0.15) is 32.0 Å². The van der Waals surface area contributed by atoms with Gasteiger partial charge in [-0.15, -0.1) is 0 Å². The molecule has 4 N–H and O–H groups in total. The molecule has 3 aromatic rings. The number of hydrogen-bond acceptors (Lipinski definition) is 3. The number of nitrogens with zero attached hydrogens (tertiary/aromatic N) is 2. The first-order valence-corrected chi connectivity index (χ1v) is 8.83. The van der Waals surface area contributed by atoms with Crippen LogP contribution in [0.25, 0.3) is 5.69 Å². The monoisotopic (exact) mass is 363 g/mol. The molecule has 2 aromatic carbocycles. The molecule has 6 heteroatoms. The summed E-state index contributed by atoms with van der Waals surface area (Å²) in [7, 11) is 0. The second-order valence-electron chi connectivity index (χ2n) is 7.61. The number of urea groups is 1. The standard InChI is InChI=1S/C21H25N5O/c1-14-5-11-17(12-6-14)26-19(13-18(25-26)21(2,3)4)24-20(27)23-16-9-7-15(22)8-10-16/h5-13H,22H2,1-4H3,(H2,23,24,27). The fourth-order valence-electron chi connectivity index (χ4n) is 2.56. The van der Waals surface area contributed by atoms with Crippen molar-refractivity contribution in [1.29, 1.82) is 0 Å². The summed E-state index contributed by atoms with van der Waals surface area (Å²) in [5.74, 6) is 0.608. The average Bonchev–Trinajstić information content (AvgIpc) is 3.02. The summed E-state index contributed by atoms with van der Waals surface area (Å²) in [6.45, 7) is 8.31. The van der Waals surface area contributed by atoms with Crippen molar-refractivity contribution in [2.75, 3.05) is 16.4 Å². The molecule has 2 amide bonds. The first kappa shape index (κ1) is 18.5. The van der Waals surface area contributed by atoms with E-state index in [0.29, 0.717) is 17.2 Å². The largest absolute Gasteiger partial charge is 0.399 e. The Balaban J connectivity index is 1.88. The Kier molecular flexibility index (Phi) is 4.90. The molecule has 0 aliphatic rings. The van der Waals surface area contributed by atoms with Crippen molar-refractivity contribution < 1.29 is 4.79 Å². The molecule has 0 bridgehead atoms. The van der Waals surface area contributed by atoms with Crippen LogP contribution in [0, 0.1) is 6.92 Å². The van der Waals surface area contributed by atoms with Gasteiger partial charge in [-0.2, -0.15) is 5.10 Å².